The summed E-state index contributed by atoms with van der Waals surface area (Å²) in [7, 11) is 0. The van der Waals surface area contributed by atoms with Gasteiger partial charge in [-0.05, 0) is 12.0 Å². The van der Waals surface area contributed by atoms with E-state index in [0.717, 1.165) is 25.3 Å². The van der Waals surface area contributed by atoms with E-state index in [1.54, 1.807) is 0 Å². The maximum Gasteiger partial charge on any atom is 0.218 e. The van der Waals surface area contributed by atoms with Crippen molar-refractivity contribution in [1.29, 1.82) is 0 Å². The molecular formula is C16H22N4O. The molecule has 0 fully saturated rings. The maximum atomic E-state index is 5.72. The van der Waals surface area contributed by atoms with Crippen molar-refractivity contribution in [1.82, 2.24) is 9.97 Å². The molecule has 0 atom stereocenters. The van der Waals surface area contributed by atoms with E-state index in [2.05, 4.69) is 33.9 Å². The third kappa shape index (κ3) is 4.72. The van der Waals surface area contributed by atoms with Crippen molar-refractivity contribution < 1.29 is 4.74 Å². The molecule has 1 aromatic heterocycles. The summed E-state index contributed by atoms with van der Waals surface area (Å²) in [4.78, 5) is 10.6. The standard InChI is InChI=1S/C16H22N4O/c1-2-10-21-16-11-15(18-13-19-16)20(9-8-17)12-14-6-4-3-5-7-14/h3-7,11,13H,2,8-10,12,17H2,1H3. The van der Waals surface area contributed by atoms with Gasteiger partial charge in [0, 0.05) is 25.7 Å². The zero-order valence-electron chi connectivity index (χ0n) is 12.4. The number of hydrogen-bond acceptors (Lipinski definition) is 5. The van der Waals surface area contributed by atoms with Crippen LogP contribution in [0.5, 0.6) is 5.88 Å². The Morgan fingerprint density at radius 1 is 1.19 bits per heavy atom. The van der Waals surface area contributed by atoms with E-state index in [9.17, 15) is 0 Å². The van der Waals surface area contributed by atoms with Gasteiger partial charge in [-0.25, -0.2) is 9.97 Å². The Labute approximate surface area is 125 Å². The van der Waals surface area contributed by atoms with E-state index in [1.807, 2.05) is 24.3 Å². The number of nitrogens with two attached hydrogens (primary N) is 1. The van der Waals surface area contributed by atoms with Crippen LogP contribution in [0.15, 0.2) is 42.7 Å². The Balaban J connectivity index is 2.13. The predicted molar refractivity (Wildman–Crippen MR) is 84.4 cm³/mol. The highest BCUT2D eigenvalue weighted by molar-refractivity contribution is 5.41. The number of ether oxygens (including phenoxy) is 1. The van der Waals surface area contributed by atoms with Crippen LogP contribution >= 0.6 is 0 Å². The molecule has 5 heteroatoms. The van der Waals surface area contributed by atoms with Crippen molar-refractivity contribution in [3.8, 4) is 5.88 Å². The number of nitrogens with zero attached hydrogens (tertiary/aromatic N) is 3. The van der Waals surface area contributed by atoms with Crippen molar-refractivity contribution in [2.45, 2.75) is 19.9 Å². The Kier molecular flexibility index (Phi) is 5.97. The van der Waals surface area contributed by atoms with Gasteiger partial charge < -0.3 is 15.4 Å². The van der Waals surface area contributed by atoms with E-state index < -0.39 is 0 Å². The van der Waals surface area contributed by atoms with E-state index in [1.165, 1.54) is 11.9 Å². The normalized spacial score (nSPS) is 10.4. The SMILES string of the molecule is CCCOc1cc(N(CCN)Cc2ccccc2)ncn1. The molecule has 5 nitrogen and oxygen atoms in total. The lowest BCUT2D eigenvalue weighted by molar-refractivity contribution is 0.304. The van der Waals surface area contributed by atoms with Crippen molar-refractivity contribution in [3.63, 3.8) is 0 Å². The Morgan fingerprint density at radius 2 is 2.00 bits per heavy atom. The van der Waals surface area contributed by atoms with Crippen LogP contribution in [-0.2, 0) is 6.54 Å². The second kappa shape index (κ2) is 8.21. The highest BCUT2D eigenvalue weighted by atomic mass is 16.5. The number of aromatic nitrogens is 2. The third-order valence-electron chi connectivity index (χ3n) is 3.02. The summed E-state index contributed by atoms with van der Waals surface area (Å²) in [6, 6.07) is 12.1. The fourth-order valence-electron chi connectivity index (χ4n) is 2.02. The topological polar surface area (TPSA) is 64.3 Å². The first kappa shape index (κ1) is 15.3. The number of rotatable bonds is 8. The van der Waals surface area contributed by atoms with E-state index in [4.69, 9.17) is 10.5 Å². The van der Waals surface area contributed by atoms with Gasteiger partial charge in [0.25, 0.3) is 0 Å². The molecule has 21 heavy (non-hydrogen) atoms. The van der Waals surface area contributed by atoms with Gasteiger partial charge in [-0.2, -0.15) is 0 Å². The first-order chi connectivity index (χ1) is 10.3. The monoisotopic (exact) mass is 286 g/mol. The van der Waals surface area contributed by atoms with Crippen LogP contribution in [0.2, 0.25) is 0 Å². The van der Waals surface area contributed by atoms with Gasteiger partial charge in [0.05, 0.1) is 6.61 Å². The molecule has 0 radical (unpaired) electrons. The third-order valence-corrected chi connectivity index (χ3v) is 3.02. The van der Waals surface area contributed by atoms with Gasteiger partial charge in [0.2, 0.25) is 5.88 Å². The van der Waals surface area contributed by atoms with Crippen LogP contribution in [0, 0.1) is 0 Å². The van der Waals surface area contributed by atoms with Crippen molar-refractivity contribution in [2.24, 2.45) is 5.73 Å². The summed E-state index contributed by atoms with van der Waals surface area (Å²) in [6.07, 6.45) is 2.49. The smallest absolute Gasteiger partial charge is 0.218 e. The zero-order chi connectivity index (χ0) is 14.9. The van der Waals surface area contributed by atoms with Crippen molar-refractivity contribution >= 4 is 5.82 Å². The van der Waals surface area contributed by atoms with Crippen LogP contribution in [0.25, 0.3) is 0 Å². The van der Waals surface area contributed by atoms with Crippen molar-refractivity contribution in [2.75, 3.05) is 24.6 Å². The van der Waals surface area contributed by atoms with Gasteiger partial charge in [-0.3, -0.25) is 0 Å². The summed E-state index contributed by atoms with van der Waals surface area (Å²) in [6.45, 7) is 4.80. The Morgan fingerprint density at radius 3 is 2.71 bits per heavy atom. The fourth-order valence-corrected chi connectivity index (χ4v) is 2.02. The largest absolute Gasteiger partial charge is 0.478 e. The van der Waals surface area contributed by atoms with Crippen LogP contribution in [0.4, 0.5) is 5.82 Å². The molecule has 0 aliphatic rings. The van der Waals surface area contributed by atoms with Crippen LogP contribution < -0.4 is 15.4 Å². The zero-order valence-corrected chi connectivity index (χ0v) is 12.4. The average molecular weight is 286 g/mol. The molecule has 0 spiro atoms. The van der Waals surface area contributed by atoms with Gasteiger partial charge >= 0.3 is 0 Å². The molecule has 2 aromatic rings. The summed E-state index contributed by atoms with van der Waals surface area (Å²) < 4.78 is 5.57. The lowest BCUT2D eigenvalue weighted by Gasteiger charge is -2.23. The number of benzene rings is 1. The quantitative estimate of drug-likeness (QED) is 0.806. The van der Waals surface area contributed by atoms with E-state index in [0.29, 0.717) is 19.0 Å². The molecule has 0 amide bonds. The Bertz CT molecular complexity index is 533. The summed E-state index contributed by atoms with van der Waals surface area (Å²) >= 11 is 0. The minimum absolute atomic E-state index is 0.571. The molecule has 1 heterocycles. The first-order valence-electron chi connectivity index (χ1n) is 7.27. The molecule has 0 saturated carbocycles. The van der Waals surface area contributed by atoms with Gasteiger partial charge in [-0.1, -0.05) is 37.3 Å². The molecule has 0 saturated heterocycles. The first-order valence-corrected chi connectivity index (χ1v) is 7.27. The molecule has 0 bridgehead atoms. The number of anilines is 1. The maximum absolute atomic E-state index is 5.72. The molecule has 2 N–H and O–H groups in total. The van der Waals surface area contributed by atoms with E-state index in [-0.39, 0.29) is 0 Å². The number of hydrogen-bond donors (Lipinski definition) is 1. The molecule has 0 unspecified atom stereocenters. The molecular weight excluding hydrogens is 264 g/mol. The second-order valence-corrected chi connectivity index (χ2v) is 4.76. The summed E-state index contributed by atoms with van der Waals surface area (Å²) in [5.41, 5.74) is 6.95. The highest BCUT2D eigenvalue weighted by Crippen LogP contribution is 2.18. The molecule has 112 valence electrons. The van der Waals surface area contributed by atoms with E-state index >= 15 is 0 Å². The molecule has 1 aromatic carbocycles. The molecule has 2 rings (SSSR count). The van der Waals surface area contributed by atoms with Crippen LogP contribution in [-0.4, -0.2) is 29.7 Å². The van der Waals surface area contributed by atoms with Crippen LogP contribution in [0.3, 0.4) is 0 Å². The highest BCUT2D eigenvalue weighted by Gasteiger charge is 2.09. The Hall–Kier alpha value is -2.14. The average Bonchev–Trinajstić information content (AvgIpc) is 2.54. The minimum Gasteiger partial charge on any atom is -0.478 e. The fraction of sp³-hybridized carbons (Fsp3) is 0.375. The van der Waals surface area contributed by atoms with Gasteiger partial charge in [-0.15, -0.1) is 0 Å². The van der Waals surface area contributed by atoms with Gasteiger partial charge in [0.1, 0.15) is 12.1 Å². The second-order valence-electron chi connectivity index (χ2n) is 4.76. The summed E-state index contributed by atoms with van der Waals surface area (Å²) in [5, 5.41) is 0. The molecule has 0 aliphatic heterocycles. The lowest BCUT2D eigenvalue weighted by atomic mass is 10.2. The minimum atomic E-state index is 0.571. The van der Waals surface area contributed by atoms with Crippen LogP contribution in [0.1, 0.15) is 18.9 Å². The summed E-state index contributed by atoms with van der Waals surface area (Å²) in [5.74, 6) is 1.45. The van der Waals surface area contributed by atoms with Gasteiger partial charge in [0.15, 0.2) is 0 Å². The predicted octanol–water partition coefficient (Wildman–Crippen LogP) is 2.23. The van der Waals surface area contributed by atoms with Crippen molar-refractivity contribution in [3.05, 3.63) is 48.3 Å². The lowest BCUT2D eigenvalue weighted by Crippen LogP contribution is -2.29. The molecule has 0 aliphatic carbocycles.